The van der Waals surface area contributed by atoms with Crippen molar-refractivity contribution in [2.24, 2.45) is 0 Å². The minimum absolute atomic E-state index is 0.433. The lowest BCUT2D eigenvalue weighted by molar-refractivity contribution is 0.909. The van der Waals surface area contributed by atoms with Crippen LogP contribution in [-0.4, -0.2) is 17.0 Å². The summed E-state index contributed by atoms with van der Waals surface area (Å²) in [5, 5.41) is 9.82. The Hall–Kier alpha value is -2.45. The van der Waals surface area contributed by atoms with Crippen LogP contribution < -0.4 is 4.90 Å². The Balaban J connectivity index is 1.80. The summed E-state index contributed by atoms with van der Waals surface area (Å²) in [7, 11) is 2.00. The molecule has 20 heavy (non-hydrogen) atoms. The summed E-state index contributed by atoms with van der Waals surface area (Å²) in [6.45, 7) is 0.729. The molecule has 0 aliphatic carbocycles. The van der Waals surface area contributed by atoms with Gasteiger partial charge in [0.2, 0.25) is 0 Å². The Labute approximate surface area is 120 Å². The van der Waals surface area contributed by atoms with E-state index in [1.165, 1.54) is 4.70 Å². The maximum absolute atomic E-state index is 8.75. The number of hydrogen-bond acceptors (Lipinski definition) is 5. The van der Waals surface area contributed by atoms with E-state index < -0.39 is 0 Å². The van der Waals surface area contributed by atoms with E-state index in [1.807, 2.05) is 37.4 Å². The van der Waals surface area contributed by atoms with Gasteiger partial charge in [-0.2, -0.15) is 5.26 Å². The van der Waals surface area contributed by atoms with Crippen molar-refractivity contribution in [2.75, 3.05) is 11.9 Å². The van der Waals surface area contributed by atoms with Crippen LogP contribution in [0.2, 0.25) is 0 Å². The van der Waals surface area contributed by atoms with Crippen molar-refractivity contribution >= 4 is 27.2 Å². The van der Waals surface area contributed by atoms with Crippen molar-refractivity contribution in [3.8, 4) is 6.07 Å². The average molecular weight is 280 g/mol. The number of nitriles is 1. The Morgan fingerprint density at radius 1 is 1.25 bits per heavy atom. The molecule has 5 heteroatoms. The van der Waals surface area contributed by atoms with Gasteiger partial charge in [-0.15, -0.1) is 11.3 Å². The molecule has 0 fully saturated rings. The zero-order valence-corrected chi connectivity index (χ0v) is 11.8. The van der Waals surface area contributed by atoms with Gasteiger partial charge in [0.05, 0.1) is 28.6 Å². The Morgan fingerprint density at radius 2 is 2.10 bits per heavy atom. The highest BCUT2D eigenvalue weighted by Gasteiger charge is 2.07. The molecule has 0 unspecified atom stereocenters. The lowest BCUT2D eigenvalue weighted by Gasteiger charge is -2.17. The molecule has 3 rings (SSSR count). The van der Waals surface area contributed by atoms with E-state index in [0.717, 1.165) is 22.8 Å². The maximum atomic E-state index is 8.75. The smallest absolute Gasteiger partial charge is 0.140 e. The second-order valence-corrected chi connectivity index (χ2v) is 5.56. The summed E-state index contributed by atoms with van der Waals surface area (Å²) in [5.74, 6) is 0. The summed E-state index contributed by atoms with van der Waals surface area (Å²) in [6, 6.07) is 13.8. The summed E-state index contributed by atoms with van der Waals surface area (Å²) in [4.78, 5) is 10.8. The third-order valence-corrected chi connectivity index (χ3v) is 4.03. The van der Waals surface area contributed by atoms with Gasteiger partial charge in [-0.3, -0.25) is 0 Å². The lowest BCUT2D eigenvalue weighted by Crippen LogP contribution is -2.16. The molecule has 0 saturated heterocycles. The van der Waals surface area contributed by atoms with Gasteiger partial charge in [0.15, 0.2) is 0 Å². The van der Waals surface area contributed by atoms with E-state index in [1.54, 1.807) is 23.6 Å². The molecule has 0 amide bonds. The van der Waals surface area contributed by atoms with Crippen LogP contribution in [0.3, 0.4) is 0 Å². The first-order valence-corrected chi connectivity index (χ1v) is 6.99. The summed E-state index contributed by atoms with van der Waals surface area (Å²) in [5.41, 5.74) is 2.45. The van der Waals surface area contributed by atoms with Crippen LogP contribution in [0, 0.1) is 11.3 Å². The number of rotatable bonds is 3. The lowest BCUT2D eigenvalue weighted by atomic mass is 10.3. The normalized spacial score (nSPS) is 10.4. The number of benzene rings is 1. The third-order valence-electron chi connectivity index (χ3n) is 3.01. The first-order chi connectivity index (χ1) is 9.76. The molecule has 2 aromatic heterocycles. The molecule has 2 heterocycles. The Kier molecular flexibility index (Phi) is 3.32. The van der Waals surface area contributed by atoms with Crippen LogP contribution in [-0.2, 0) is 6.54 Å². The van der Waals surface area contributed by atoms with Crippen LogP contribution in [0.15, 0.2) is 42.6 Å². The number of pyridine rings is 1. The predicted molar refractivity (Wildman–Crippen MR) is 80.7 cm³/mol. The largest absolute Gasteiger partial charge is 0.367 e. The van der Waals surface area contributed by atoms with Crippen LogP contribution >= 0.6 is 11.3 Å². The fraction of sp³-hybridized carbons (Fsp3) is 0.133. The van der Waals surface area contributed by atoms with Gasteiger partial charge in [0.1, 0.15) is 16.8 Å². The zero-order chi connectivity index (χ0) is 13.9. The van der Waals surface area contributed by atoms with E-state index >= 15 is 0 Å². The molecule has 98 valence electrons. The Morgan fingerprint density at radius 3 is 2.80 bits per heavy atom. The molecule has 1 aromatic carbocycles. The number of thiazole rings is 1. The van der Waals surface area contributed by atoms with Gasteiger partial charge in [-0.25, -0.2) is 9.97 Å². The minimum atomic E-state index is 0.433. The highest BCUT2D eigenvalue weighted by Crippen LogP contribution is 2.23. The molecule has 0 saturated carbocycles. The molecule has 0 atom stereocenters. The summed E-state index contributed by atoms with van der Waals surface area (Å²) in [6.07, 6.45) is 1.71. The molecule has 0 bridgehead atoms. The van der Waals surface area contributed by atoms with Crippen molar-refractivity contribution < 1.29 is 0 Å². The van der Waals surface area contributed by atoms with Gasteiger partial charge in [0, 0.05) is 7.05 Å². The summed E-state index contributed by atoms with van der Waals surface area (Å²) >= 11 is 1.70. The van der Waals surface area contributed by atoms with E-state index in [4.69, 9.17) is 5.26 Å². The quantitative estimate of drug-likeness (QED) is 0.739. The first-order valence-electron chi connectivity index (χ1n) is 6.18. The zero-order valence-electron chi connectivity index (χ0n) is 10.9. The number of anilines is 1. The van der Waals surface area contributed by atoms with Crippen molar-refractivity contribution in [2.45, 2.75) is 6.54 Å². The fourth-order valence-electron chi connectivity index (χ4n) is 1.96. The number of para-hydroxylation sites is 1. The summed E-state index contributed by atoms with van der Waals surface area (Å²) < 4.78 is 1.20. The average Bonchev–Trinajstić information content (AvgIpc) is 2.89. The highest BCUT2D eigenvalue weighted by atomic mass is 32.1. The van der Waals surface area contributed by atoms with Crippen LogP contribution in [0.4, 0.5) is 5.69 Å². The highest BCUT2D eigenvalue weighted by molar-refractivity contribution is 7.18. The second kappa shape index (κ2) is 5.27. The standard InChI is InChI=1S/C15H12N4S/c1-19(12-7-6-11(8-16)17-9-12)10-15-18-13-4-2-3-5-14(13)20-15/h2-7,9H,10H2,1H3. The Bertz CT molecular complexity index is 737. The van der Waals surface area contributed by atoms with Gasteiger partial charge >= 0.3 is 0 Å². The molecule has 4 nitrogen and oxygen atoms in total. The first kappa shape index (κ1) is 12.6. The number of nitrogens with zero attached hydrogens (tertiary/aromatic N) is 4. The van der Waals surface area contributed by atoms with Gasteiger partial charge in [-0.1, -0.05) is 12.1 Å². The SMILES string of the molecule is CN(Cc1nc2ccccc2s1)c1ccc(C#N)nc1. The molecule has 3 aromatic rings. The molecular weight excluding hydrogens is 268 g/mol. The molecule has 0 N–H and O–H groups in total. The van der Waals surface area contributed by atoms with Crippen molar-refractivity contribution in [3.05, 3.63) is 53.3 Å². The van der Waals surface area contributed by atoms with Gasteiger partial charge in [0.25, 0.3) is 0 Å². The van der Waals surface area contributed by atoms with E-state index in [0.29, 0.717) is 5.69 Å². The number of aromatic nitrogens is 2. The molecule has 0 spiro atoms. The van der Waals surface area contributed by atoms with Crippen LogP contribution in [0.25, 0.3) is 10.2 Å². The maximum Gasteiger partial charge on any atom is 0.140 e. The van der Waals surface area contributed by atoms with E-state index in [9.17, 15) is 0 Å². The molecule has 0 radical (unpaired) electrons. The molecule has 0 aliphatic rings. The number of fused-ring (bicyclic) bond motifs is 1. The monoisotopic (exact) mass is 280 g/mol. The van der Waals surface area contributed by atoms with Crippen LogP contribution in [0.1, 0.15) is 10.7 Å². The van der Waals surface area contributed by atoms with E-state index in [-0.39, 0.29) is 0 Å². The third kappa shape index (κ3) is 2.46. The van der Waals surface area contributed by atoms with Gasteiger partial charge in [-0.05, 0) is 24.3 Å². The second-order valence-electron chi connectivity index (χ2n) is 4.44. The van der Waals surface area contributed by atoms with Crippen molar-refractivity contribution in [3.63, 3.8) is 0 Å². The fourth-order valence-corrected chi connectivity index (χ4v) is 2.98. The van der Waals surface area contributed by atoms with Crippen molar-refractivity contribution in [1.29, 1.82) is 5.26 Å². The predicted octanol–water partition coefficient (Wildman–Crippen LogP) is 3.20. The minimum Gasteiger partial charge on any atom is -0.367 e. The molecule has 0 aliphatic heterocycles. The van der Waals surface area contributed by atoms with Crippen LogP contribution in [0.5, 0.6) is 0 Å². The number of hydrogen-bond donors (Lipinski definition) is 0. The van der Waals surface area contributed by atoms with E-state index in [2.05, 4.69) is 20.9 Å². The van der Waals surface area contributed by atoms with Gasteiger partial charge < -0.3 is 4.90 Å². The topological polar surface area (TPSA) is 52.8 Å². The van der Waals surface area contributed by atoms with Crippen molar-refractivity contribution in [1.82, 2.24) is 9.97 Å². The molecular formula is C15H12N4S.